The van der Waals surface area contributed by atoms with Crippen molar-refractivity contribution in [1.29, 1.82) is 5.26 Å². The van der Waals surface area contributed by atoms with Crippen LogP contribution in [-0.4, -0.2) is 18.5 Å². The fourth-order valence-electron chi connectivity index (χ4n) is 0.464. The van der Waals surface area contributed by atoms with E-state index in [-0.39, 0.29) is 0 Å². The van der Waals surface area contributed by atoms with Gasteiger partial charge in [0.2, 0.25) is 0 Å². The van der Waals surface area contributed by atoms with E-state index in [4.69, 9.17) is 10.00 Å². The highest BCUT2D eigenvalue weighted by molar-refractivity contribution is 5.73. The van der Waals surface area contributed by atoms with E-state index in [9.17, 15) is 0 Å². The van der Waals surface area contributed by atoms with E-state index in [1.807, 2.05) is 6.07 Å². The molecule has 0 aromatic heterocycles. The molecule has 0 aromatic rings. The van der Waals surface area contributed by atoms with E-state index in [0.29, 0.717) is 5.90 Å². The summed E-state index contributed by atoms with van der Waals surface area (Å²) in [5.41, 5.74) is -0.667. The predicted molar refractivity (Wildman–Crippen MR) is 39.8 cm³/mol. The summed E-state index contributed by atoms with van der Waals surface area (Å²) in [4.78, 5) is 3.98. The molecule has 0 saturated carbocycles. The Morgan fingerprint density at radius 3 is 2.40 bits per heavy atom. The van der Waals surface area contributed by atoms with Crippen LogP contribution in [-0.2, 0) is 4.74 Å². The van der Waals surface area contributed by atoms with Crippen molar-refractivity contribution in [3.8, 4) is 6.07 Å². The van der Waals surface area contributed by atoms with E-state index >= 15 is 0 Å². The molecule has 0 amide bonds. The SMILES string of the molecule is COC(C)=NC(C)(C)C#N. The number of aliphatic imine (C=N–C) groups is 1. The quantitative estimate of drug-likeness (QED) is 0.407. The van der Waals surface area contributed by atoms with Crippen LogP contribution < -0.4 is 0 Å². The van der Waals surface area contributed by atoms with Gasteiger partial charge in [-0.2, -0.15) is 5.26 Å². The first-order chi connectivity index (χ1) is 4.52. The first-order valence-corrected chi connectivity index (χ1v) is 3.03. The molecular weight excluding hydrogens is 128 g/mol. The summed E-state index contributed by atoms with van der Waals surface area (Å²) in [6, 6.07) is 2.04. The lowest BCUT2D eigenvalue weighted by atomic mass is 10.1. The zero-order valence-electron chi connectivity index (χ0n) is 6.80. The summed E-state index contributed by atoms with van der Waals surface area (Å²) in [5, 5.41) is 8.53. The van der Waals surface area contributed by atoms with Crippen molar-refractivity contribution >= 4 is 5.90 Å². The molecule has 3 heteroatoms. The smallest absolute Gasteiger partial charge is 0.181 e. The minimum absolute atomic E-state index is 0.534. The van der Waals surface area contributed by atoms with Gasteiger partial charge in [-0.1, -0.05) is 0 Å². The minimum Gasteiger partial charge on any atom is -0.484 e. The molecule has 3 nitrogen and oxygen atoms in total. The number of rotatable bonds is 1. The fourth-order valence-corrected chi connectivity index (χ4v) is 0.464. The molecule has 0 radical (unpaired) electrons. The van der Waals surface area contributed by atoms with Crippen LogP contribution in [0.15, 0.2) is 4.99 Å². The van der Waals surface area contributed by atoms with Crippen LogP contribution in [0.1, 0.15) is 20.8 Å². The van der Waals surface area contributed by atoms with Crippen LogP contribution in [0.2, 0.25) is 0 Å². The molecule has 0 aliphatic heterocycles. The highest BCUT2D eigenvalue weighted by atomic mass is 16.5. The molecule has 10 heavy (non-hydrogen) atoms. The van der Waals surface area contributed by atoms with E-state index in [2.05, 4.69) is 4.99 Å². The molecule has 0 atom stereocenters. The molecule has 0 rings (SSSR count). The van der Waals surface area contributed by atoms with Gasteiger partial charge in [0.15, 0.2) is 5.90 Å². The van der Waals surface area contributed by atoms with Crippen molar-refractivity contribution in [2.24, 2.45) is 4.99 Å². The maximum absolute atomic E-state index is 8.53. The maximum atomic E-state index is 8.53. The molecule has 0 N–H and O–H groups in total. The van der Waals surface area contributed by atoms with Crippen molar-refractivity contribution in [2.45, 2.75) is 26.3 Å². The number of hydrogen-bond acceptors (Lipinski definition) is 3. The van der Waals surface area contributed by atoms with Gasteiger partial charge in [0.1, 0.15) is 5.54 Å². The molecule has 0 spiro atoms. The van der Waals surface area contributed by atoms with Crippen LogP contribution in [0.3, 0.4) is 0 Å². The summed E-state index contributed by atoms with van der Waals surface area (Å²) >= 11 is 0. The van der Waals surface area contributed by atoms with E-state index in [1.54, 1.807) is 20.8 Å². The predicted octanol–water partition coefficient (Wildman–Crippen LogP) is 1.35. The highest BCUT2D eigenvalue weighted by Gasteiger charge is 2.14. The third kappa shape index (κ3) is 3.08. The average Bonchev–Trinajstić information content (AvgIpc) is 1.87. The first kappa shape index (κ1) is 8.96. The Labute approximate surface area is 61.3 Å². The topological polar surface area (TPSA) is 45.4 Å². The zero-order chi connectivity index (χ0) is 8.20. The third-order valence-electron chi connectivity index (χ3n) is 1.01. The molecule has 56 valence electrons. The first-order valence-electron chi connectivity index (χ1n) is 3.03. The number of nitrogens with zero attached hydrogens (tertiary/aromatic N) is 2. The van der Waals surface area contributed by atoms with Gasteiger partial charge < -0.3 is 4.74 Å². The summed E-state index contributed by atoms with van der Waals surface area (Å²) in [6.45, 7) is 5.18. The Bertz CT molecular complexity index is 177. The molecule has 0 saturated heterocycles. The number of methoxy groups -OCH3 is 1. The van der Waals surface area contributed by atoms with Crippen molar-refractivity contribution < 1.29 is 4.74 Å². The monoisotopic (exact) mass is 140 g/mol. The number of hydrogen-bond donors (Lipinski definition) is 0. The zero-order valence-corrected chi connectivity index (χ0v) is 6.80. The third-order valence-corrected chi connectivity index (χ3v) is 1.01. The van der Waals surface area contributed by atoms with Crippen molar-refractivity contribution in [2.75, 3.05) is 7.11 Å². The van der Waals surface area contributed by atoms with Gasteiger partial charge in [-0.05, 0) is 13.8 Å². The normalized spacial score (nSPS) is 12.5. The van der Waals surface area contributed by atoms with E-state index < -0.39 is 5.54 Å². The second-order valence-electron chi connectivity index (χ2n) is 2.51. The molecule has 0 bridgehead atoms. The summed E-state index contributed by atoms with van der Waals surface area (Å²) in [5.74, 6) is 0.534. The van der Waals surface area contributed by atoms with E-state index in [1.165, 1.54) is 7.11 Å². The van der Waals surface area contributed by atoms with Crippen LogP contribution >= 0.6 is 0 Å². The van der Waals surface area contributed by atoms with Crippen LogP contribution in [0, 0.1) is 11.3 Å². The molecular formula is C7H12N2O. The molecule has 0 aliphatic rings. The molecule has 0 unspecified atom stereocenters. The van der Waals surface area contributed by atoms with Crippen molar-refractivity contribution in [3.05, 3.63) is 0 Å². The maximum Gasteiger partial charge on any atom is 0.181 e. The largest absolute Gasteiger partial charge is 0.484 e. The van der Waals surface area contributed by atoms with Gasteiger partial charge in [0, 0.05) is 6.92 Å². The molecule has 0 heterocycles. The lowest BCUT2D eigenvalue weighted by Gasteiger charge is -2.09. The van der Waals surface area contributed by atoms with Gasteiger partial charge in [-0.15, -0.1) is 0 Å². The highest BCUT2D eigenvalue weighted by Crippen LogP contribution is 2.06. The Morgan fingerprint density at radius 1 is 1.60 bits per heavy atom. The summed E-state index contributed by atoms with van der Waals surface area (Å²) < 4.78 is 4.79. The average molecular weight is 140 g/mol. The Morgan fingerprint density at radius 2 is 2.10 bits per heavy atom. The van der Waals surface area contributed by atoms with Crippen LogP contribution in [0.5, 0.6) is 0 Å². The van der Waals surface area contributed by atoms with E-state index in [0.717, 1.165) is 0 Å². The fraction of sp³-hybridized carbons (Fsp3) is 0.714. The van der Waals surface area contributed by atoms with Crippen LogP contribution in [0.4, 0.5) is 0 Å². The molecule has 0 aromatic carbocycles. The Kier molecular flexibility index (Phi) is 2.88. The lowest BCUT2D eigenvalue weighted by molar-refractivity contribution is 0.391. The Hall–Kier alpha value is -1.04. The molecule has 0 fully saturated rings. The van der Waals surface area contributed by atoms with Gasteiger partial charge in [-0.25, -0.2) is 4.99 Å². The molecule has 0 aliphatic carbocycles. The summed E-state index contributed by atoms with van der Waals surface area (Å²) in [7, 11) is 1.53. The van der Waals surface area contributed by atoms with Gasteiger partial charge in [0.05, 0.1) is 13.2 Å². The lowest BCUT2D eigenvalue weighted by Crippen LogP contribution is -2.15. The van der Waals surface area contributed by atoms with Gasteiger partial charge in [-0.3, -0.25) is 0 Å². The second kappa shape index (κ2) is 3.21. The van der Waals surface area contributed by atoms with Gasteiger partial charge >= 0.3 is 0 Å². The standard InChI is InChI=1S/C7H12N2O/c1-6(10-4)9-7(2,3)5-8/h1-4H3. The van der Waals surface area contributed by atoms with Crippen molar-refractivity contribution in [3.63, 3.8) is 0 Å². The van der Waals surface area contributed by atoms with Crippen molar-refractivity contribution in [1.82, 2.24) is 0 Å². The second-order valence-corrected chi connectivity index (χ2v) is 2.51. The van der Waals surface area contributed by atoms with Crippen LogP contribution in [0.25, 0.3) is 0 Å². The Balaban J connectivity index is 4.27. The number of ether oxygens (including phenoxy) is 1. The summed E-state index contributed by atoms with van der Waals surface area (Å²) in [6.07, 6.45) is 0. The van der Waals surface area contributed by atoms with Gasteiger partial charge in [0.25, 0.3) is 0 Å². The minimum atomic E-state index is -0.667. The number of nitriles is 1.